The lowest BCUT2D eigenvalue weighted by atomic mass is 10.1. The van der Waals surface area contributed by atoms with Crippen LogP contribution in [0.4, 0.5) is 5.69 Å². The van der Waals surface area contributed by atoms with Crippen LogP contribution in [-0.4, -0.2) is 20.1 Å². The van der Waals surface area contributed by atoms with Crippen molar-refractivity contribution in [2.24, 2.45) is 0 Å². The lowest BCUT2D eigenvalue weighted by Gasteiger charge is -2.10. The second-order valence-electron chi connectivity index (χ2n) is 4.75. The third-order valence-corrected chi connectivity index (χ3v) is 3.40. The van der Waals surface area contributed by atoms with Crippen molar-refractivity contribution in [1.82, 2.24) is 0 Å². The molecule has 0 unspecified atom stereocenters. The van der Waals surface area contributed by atoms with Gasteiger partial charge in [-0.15, -0.1) is 0 Å². The molecule has 2 rings (SSSR count). The lowest BCUT2D eigenvalue weighted by Crippen LogP contribution is -2.13. The monoisotopic (exact) mass is 342 g/mol. The fraction of sp³-hybridized carbons (Fsp3) is 0.111. The summed E-state index contributed by atoms with van der Waals surface area (Å²) in [6.07, 6.45) is 1.47. The van der Waals surface area contributed by atoms with Crippen LogP contribution in [0.25, 0.3) is 6.08 Å². The minimum Gasteiger partial charge on any atom is -0.493 e. The van der Waals surface area contributed by atoms with Gasteiger partial charge in [-0.05, 0) is 35.9 Å². The van der Waals surface area contributed by atoms with Gasteiger partial charge in [0.2, 0.25) is 0 Å². The number of ether oxygens (including phenoxy) is 2. The van der Waals surface area contributed by atoms with Crippen LogP contribution in [0.1, 0.15) is 5.56 Å². The van der Waals surface area contributed by atoms with Crippen LogP contribution in [0.3, 0.4) is 0 Å². The summed E-state index contributed by atoms with van der Waals surface area (Å²) in [5, 5.41) is 12.4. The van der Waals surface area contributed by atoms with Gasteiger partial charge in [0.25, 0.3) is 5.91 Å². The molecule has 2 aromatic rings. The van der Waals surface area contributed by atoms with Crippen molar-refractivity contribution in [3.63, 3.8) is 0 Å². The molecule has 1 amide bonds. The summed E-state index contributed by atoms with van der Waals surface area (Å²) < 4.78 is 10.3. The Kier molecular flexibility index (Phi) is 5.83. The number of anilines is 1. The quantitative estimate of drug-likeness (QED) is 0.660. The summed E-state index contributed by atoms with van der Waals surface area (Å²) in [5.41, 5.74) is 1.12. The number of nitriles is 1. The first-order valence-electron chi connectivity index (χ1n) is 6.98. The van der Waals surface area contributed by atoms with E-state index in [2.05, 4.69) is 5.32 Å². The van der Waals surface area contributed by atoms with Crippen LogP contribution in [0.2, 0.25) is 5.02 Å². The number of benzene rings is 2. The Balaban J connectivity index is 2.23. The molecule has 0 aliphatic carbocycles. The maximum atomic E-state index is 12.3. The van der Waals surface area contributed by atoms with Gasteiger partial charge in [-0.1, -0.05) is 23.7 Å². The van der Waals surface area contributed by atoms with Crippen molar-refractivity contribution in [1.29, 1.82) is 5.26 Å². The molecule has 0 atom stereocenters. The average molecular weight is 343 g/mol. The molecule has 6 heteroatoms. The Morgan fingerprint density at radius 2 is 1.92 bits per heavy atom. The summed E-state index contributed by atoms with van der Waals surface area (Å²) in [6.45, 7) is 0. The zero-order valence-corrected chi connectivity index (χ0v) is 13.9. The molecule has 0 aromatic heterocycles. The van der Waals surface area contributed by atoms with Gasteiger partial charge in [-0.3, -0.25) is 4.79 Å². The standard InChI is InChI=1S/C18H15ClN2O3/c1-23-16-7-6-15(10-17(16)24-2)21-18(22)13(11-20)8-12-4-3-5-14(19)9-12/h3-10H,1-2H3,(H,21,22)/b13-8+. The van der Waals surface area contributed by atoms with E-state index in [-0.39, 0.29) is 5.57 Å². The van der Waals surface area contributed by atoms with Crippen LogP contribution in [0.5, 0.6) is 11.5 Å². The van der Waals surface area contributed by atoms with E-state index >= 15 is 0 Å². The molecular weight excluding hydrogens is 328 g/mol. The summed E-state index contributed by atoms with van der Waals surface area (Å²) >= 11 is 5.90. The largest absolute Gasteiger partial charge is 0.493 e. The summed E-state index contributed by atoms with van der Waals surface area (Å²) in [6, 6.07) is 13.7. The van der Waals surface area contributed by atoms with E-state index in [1.54, 1.807) is 42.5 Å². The van der Waals surface area contributed by atoms with Gasteiger partial charge in [-0.25, -0.2) is 0 Å². The summed E-state index contributed by atoms with van der Waals surface area (Å²) in [7, 11) is 3.03. The average Bonchev–Trinajstić information content (AvgIpc) is 2.59. The predicted molar refractivity (Wildman–Crippen MR) is 93.2 cm³/mol. The third-order valence-electron chi connectivity index (χ3n) is 3.17. The molecule has 1 N–H and O–H groups in total. The number of carbonyl (C=O) groups is 1. The topological polar surface area (TPSA) is 71.3 Å². The molecule has 2 aromatic carbocycles. The van der Waals surface area contributed by atoms with Crippen molar-refractivity contribution in [3.05, 3.63) is 58.6 Å². The highest BCUT2D eigenvalue weighted by Crippen LogP contribution is 2.29. The van der Waals surface area contributed by atoms with Gasteiger partial charge in [0.1, 0.15) is 11.6 Å². The van der Waals surface area contributed by atoms with Gasteiger partial charge in [0.05, 0.1) is 14.2 Å². The molecule has 0 saturated carbocycles. The SMILES string of the molecule is COc1ccc(NC(=O)/C(C#N)=C/c2cccc(Cl)c2)cc1OC. The van der Waals surface area contributed by atoms with Crippen LogP contribution in [0, 0.1) is 11.3 Å². The normalized spacial score (nSPS) is 10.7. The molecule has 0 fully saturated rings. The van der Waals surface area contributed by atoms with Crippen molar-refractivity contribution < 1.29 is 14.3 Å². The number of hydrogen-bond donors (Lipinski definition) is 1. The van der Waals surface area contributed by atoms with Crippen molar-refractivity contribution in [2.45, 2.75) is 0 Å². The highest BCUT2D eigenvalue weighted by atomic mass is 35.5. The zero-order chi connectivity index (χ0) is 17.5. The molecular formula is C18H15ClN2O3. The van der Waals surface area contributed by atoms with Crippen molar-refractivity contribution in [2.75, 3.05) is 19.5 Å². The van der Waals surface area contributed by atoms with Crippen molar-refractivity contribution >= 4 is 29.3 Å². The minimum absolute atomic E-state index is 0.0351. The van der Waals surface area contributed by atoms with Crippen LogP contribution < -0.4 is 14.8 Å². The molecule has 0 heterocycles. The molecule has 122 valence electrons. The summed E-state index contributed by atoms with van der Waals surface area (Å²) in [5.74, 6) is 0.503. The zero-order valence-electron chi connectivity index (χ0n) is 13.2. The van der Waals surface area contributed by atoms with E-state index in [0.717, 1.165) is 0 Å². The van der Waals surface area contributed by atoms with E-state index in [0.29, 0.717) is 27.8 Å². The maximum absolute atomic E-state index is 12.3. The number of amides is 1. The van der Waals surface area contributed by atoms with Gasteiger partial charge < -0.3 is 14.8 Å². The van der Waals surface area contributed by atoms with Gasteiger partial charge in [0, 0.05) is 16.8 Å². The predicted octanol–water partition coefficient (Wildman–Crippen LogP) is 3.90. The van der Waals surface area contributed by atoms with E-state index in [1.807, 2.05) is 6.07 Å². The fourth-order valence-electron chi connectivity index (χ4n) is 2.02. The molecule has 24 heavy (non-hydrogen) atoms. The number of halogens is 1. The van der Waals surface area contributed by atoms with E-state index in [4.69, 9.17) is 21.1 Å². The highest BCUT2D eigenvalue weighted by molar-refractivity contribution is 6.30. The van der Waals surface area contributed by atoms with E-state index < -0.39 is 5.91 Å². The Morgan fingerprint density at radius 1 is 1.17 bits per heavy atom. The van der Waals surface area contributed by atoms with E-state index in [1.165, 1.54) is 20.3 Å². The number of hydrogen-bond acceptors (Lipinski definition) is 4. The Morgan fingerprint density at radius 3 is 2.54 bits per heavy atom. The van der Waals surface area contributed by atoms with Gasteiger partial charge in [-0.2, -0.15) is 5.26 Å². The second kappa shape index (κ2) is 8.04. The smallest absolute Gasteiger partial charge is 0.266 e. The molecule has 0 spiro atoms. The Bertz CT molecular complexity index is 825. The molecule has 0 aliphatic heterocycles. The number of nitrogens with one attached hydrogen (secondary N) is 1. The van der Waals surface area contributed by atoms with E-state index in [9.17, 15) is 10.1 Å². The maximum Gasteiger partial charge on any atom is 0.266 e. The van der Waals surface area contributed by atoms with Crippen molar-refractivity contribution in [3.8, 4) is 17.6 Å². The number of nitrogens with zero attached hydrogens (tertiary/aromatic N) is 1. The first kappa shape index (κ1) is 17.4. The molecule has 0 radical (unpaired) electrons. The fourth-order valence-corrected chi connectivity index (χ4v) is 2.22. The molecule has 0 saturated heterocycles. The number of methoxy groups -OCH3 is 2. The van der Waals surface area contributed by atoms with Crippen LogP contribution in [0.15, 0.2) is 48.0 Å². The summed E-state index contributed by atoms with van der Waals surface area (Å²) in [4.78, 5) is 12.3. The molecule has 0 aliphatic rings. The number of rotatable bonds is 5. The first-order valence-corrected chi connectivity index (χ1v) is 7.36. The highest BCUT2D eigenvalue weighted by Gasteiger charge is 2.11. The van der Waals surface area contributed by atoms with Gasteiger partial charge >= 0.3 is 0 Å². The molecule has 0 bridgehead atoms. The Labute approximate surface area is 145 Å². The Hall–Kier alpha value is -2.97. The lowest BCUT2D eigenvalue weighted by molar-refractivity contribution is -0.112. The third kappa shape index (κ3) is 4.28. The second-order valence-corrected chi connectivity index (χ2v) is 5.19. The minimum atomic E-state index is -0.523. The molecule has 5 nitrogen and oxygen atoms in total. The first-order chi connectivity index (χ1) is 11.6. The van der Waals surface area contributed by atoms with Gasteiger partial charge in [0.15, 0.2) is 11.5 Å². The van der Waals surface area contributed by atoms with Crippen LogP contribution in [-0.2, 0) is 4.79 Å². The number of carbonyl (C=O) groups excluding carboxylic acids is 1. The van der Waals surface area contributed by atoms with Crippen LogP contribution >= 0.6 is 11.6 Å².